The van der Waals surface area contributed by atoms with Gasteiger partial charge in [-0.2, -0.15) is 0 Å². The summed E-state index contributed by atoms with van der Waals surface area (Å²) in [6, 6.07) is 72.2. The Morgan fingerprint density at radius 3 is 1.27 bits per heavy atom. The number of rotatable bonds is 8. The predicted molar refractivity (Wildman–Crippen MR) is 301 cm³/mol. The van der Waals surface area contributed by atoms with Crippen LogP contribution in [0.4, 0.5) is 0 Å². The standard InChI is InChI=1S/C65H45ClIN6/c1-4-67-64-34-41(33-63(66)69-64)40-31-61(72-57-25-21-38(2)29-48(57)50-35-42(23-27-59(50)72)70-53-17-9-5-13-44(53)45-14-6-10-18-54(45)70)65(52-37-68-52)62(32-40)73-58-26-22-39(3)30-49(58)51-36-43(24-28-60(51)73)71-55-19-11-7-15-46(55)47-16-8-12-20-56(47)71/h4-36,52,68H,1,37H2,2-3H3/q-1. The number of fused-ring (bicyclic) bond motifs is 12. The van der Waals surface area contributed by atoms with E-state index in [0.717, 1.165) is 66.2 Å². The number of aromatic nitrogens is 5. The van der Waals surface area contributed by atoms with Crippen LogP contribution in [0.3, 0.4) is 0 Å². The monoisotopic (exact) mass is 1070 g/mol. The van der Waals surface area contributed by atoms with E-state index in [-0.39, 0.29) is 6.04 Å². The minimum absolute atomic E-state index is 0.118. The van der Waals surface area contributed by atoms with E-state index in [9.17, 15) is 0 Å². The van der Waals surface area contributed by atoms with Crippen LogP contribution in [-0.4, -0.2) is 29.8 Å². The molecule has 9 aromatic carbocycles. The van der Waals surface area contributed by atoms with Crippen LogP contribution in [0.15, 0.2) is 205 Å². The Morgan fingerprint density at radius 1 is 0.466 bits per heavy atom. The molecule has 1 unspecified atom stereocenters. The fraction of sp³-hybridized carbons (Fsp3) is 0.0615. The van der Waals surface area contributed by atoms with Crippen LogP contribution in [0.25, 0.3) is 121 Å². The molecule has 6 heterocycles. The zero-order chi connectivity index (χ0) is 48.6. The van der Waals surface area contributed by atoms with E-state index in [4.69, 9.17) is 16.6 Å². The first-order chi connectivity index (χ1) is 35.9. The van der Waals surface area contributed by atoms with Crippen molar-refractivity contribution < 1.29 is 21.2 Å². The fourth-order valence-corrected chi connectivity index (χ4v) is 13.7. The molecule has 0 aliphatic carbocycles. The number of nitrogens with one attached hydrogen (secondary N) is 1. The SMILES string of the molecule is C=C[I-]c1cc(-c2cc(-n3c4ccc(C)cc4c4cc(-n5c6ccccc6c6ccccc65)ccc43)c(C3CN3)c(-n3c4ccc(C)cc4c4cc(-n5c6ccccc6c6ccccc65)ccc43)c2)cc(Cl)n1. The molecule has 8 heteroatoms. The van der Waals surface area contributed by atoms with E-state index in [1.165, 1.54) is 81.8 Å². The first kappa shape index (κ1) is 42.7. The summed E-state index contributed by atoms with van der Waals surface area (Å²) in [7, 11) is 0. The number of halogens is 2. The van der Waals surface area contributed by atoms with Gasteiger partial charge >= 0.3 is 299 Å². The summed E-state index contributed by atoms with van der Waals surface area (Å²) in [5.74, 6) is 0. The Bertz CT molecular complexity index is 4310. The van der Waals surface area contributed by atoms with Gasteiger partial charge in [0.1, 0.15) is 0 Å². The van der Waals surface area contributed by atoms with Gasteiger partial charge in [-0.25, -0.2) is 0 Å². The van der Waals surface area contributed by atoms with Crippen molar-refractivity contribution in [3.63, 3.8) is 0 Å². The third-order valence-electron chi connectivity index (χ3n) is 15.1. The molecule has 350 valence electrons. The van der Waals surface area contributed by atoms with Crippen LogP contribution in [0.2, 0.25) is 5.15 Å². The summed E-state index contributed by atoms with van der Waals surface area (Å²) in [4.78, 5) is 4.78. The fourth-order valence-electron chi connectivity index (χ4n) is 12.0. The Labute approximate surface area is 436 Å². The molecule has 0 bridgehead atoms. The van der Waals surface area contributed by atoms with E-state index >= 15 is 0 Å². The van der Waals surface area contributed by atoms with Crippen molar-refractivity contribution in [2.24, 2.45) is 0 Å². The number of nitrogens with zero attached hydrogens (tertiary/aromatic N) is 5. The normalized spacial score (nSPS) is 13.9. The molecule has 1 N–H and O–H groups in total. The summed E-state index contributed by atoms with van der Waals surface area (Å²) in [5.41, 5.74) is 19.7. The van der Waals surface area contributed by atoms with Gasteiger partial charge in [-0.3, -0.25) is 0 Å². The molecule has 14 aromatic rings. The second kappa shape index (κ2) is 16.3. The molecule has 1 atom stereocenters. The molecule has 6 nitrogen and oxygen atoms in total. The average molecular weight is 1070 g/mol. The number of hydrogen-bond acceptors (Lipinski definition) is 2. The molecule has 0 saturated carbocycles. The van der Waals surface area contributed by atoms with E-state index in [2.05, 4.69) is 232 Å². The Morgan fingerprint density at radius 2 is 0.849 bits per heavy atom. The molecule has 1 aliphatic heterocycles. The summed E-state index contributed by atoms with van der Waals surface area (Å²) in [5, 5.41) is 14.1. The third kappa shape index (κ3) is 6.55. The second-order valence-corrected chi connectivity index (χ2v) is 22.5. The predicted octanol–water partition coefficient (Wildman–Crippen LogP) is 13.5. The Kier molecular flexibility index (Phi) is 9.53. The molecule has 1 aliphatic rings. The zero-order valence-corrected chi connectivity index (χ0v) is 42.9. The van der Waals surface area contributed by atoms with Crippen molar-refractivity contribution in [3.05, 3.63) is 230 Å². The number of hydrogen-bond donors (Lipinski definition) is 1. The van der Waals surface area contributed by atoms with Gasteiger partial charge in [0, 0.05) is 21.5 Å². The Hall–Kier alpha value is -7.95. The summed E-state index contributed by atoms with van der Waals surface area (Å²) >= 11 is 6.42. The zero-order valence-electron chi connectivity index (χ0n) is 40.0. The molecule has 15 rings (SSSR count). The van der Waals surface area contributed by atoms with Crippen LogP contribution in [0, 0.1) is 17.5 Å². The van der Waals surface area contributed by atoms with Crippen molar-refractivity contribution >= 4 is 98.8 Å². The van der Waals surface area contributed by atoms with E-state index in [1.807, 2.05) is 10.1 Å². The van der Waals surface area contributed by atoms with E-state index in [0.29, 0.717) is 5.15 Å². The van der Waals surface area contributed by atoms with Crippen LogP contribution in [0.5, 0.6) is 0 Å². The quantitative estimate of drug-likeness (QED) is 0.0936. The molecular formula is C65H45ClIN6-. The number of para-hydroxylation sites is 4. The molecule has 5 aromatic heterocycles. The van der Waals surface area contributed by atoms with Crippen molar-refractivity contribution in [2.75, 3.05) is 6.54 Å². The van der Waals surface area contributed by atoms with Crippen LogP contribution < -0.4 is 26.5 Å². The summed E-state index contributed by atoms with van der Waals surface area (Å²) in [6.45, 7) is 9.37. The van der Waals surface area contributed by atoms with Gasteiger partial charge in [0.2, 0.25) is 0 Å². The molecule has 1 saturated heterocycles. The molecule has 1 fully saturated rings. The average Bonchev–Trinajstić information content (AvgIpc) is 3.90. The van der Waals surface area contributed by atoms with Gasteiger partial charge in [0.05, 0.1) is 22.1 Å². The minimum atomic E-state index is -0.535. The van der Waals surface area contributed by atoms with Gasteiger partial charge in [-0.1, -0.05) is 72.8 Å². The van der Waals surface area contributed by atoms with Gasteiger partial charge in [-0.05, 0) is 24.3 Å². The molecule has 0 spiro atoms. The first-order valence-electron chi connectivity index (χ1n) is 24.8. The van der Waals surface area contributed by atoms with E-state index < -0.39 is 21.2 Å². The van der Waals surface area contributed by atoms with Crippen molar-refractivity contribution in [1.29, 1.82) is 0 Å². The Balaban J connectivity index is 1.04. The maximum atomic E-state index is 6.96. The first-order valence-corrected chi connectivity index (χ1v) is 27.5. The van der Waals surface area contributed by atoms with Crippen LogP contribution in [0.1, 0.15) is 22.7 Å². The van der Waals surface area contributed by atoms with E-state index in [1.54, 1.807) is 0 Å². The summed E-state index contributed by atoms with van der Waals surface area (Å²) < 4.78 is 12.9. The molecule has 0 amide bonds. The number of pyridine rings is 1. The van der Waals surface area contributed by atoms with Crippen molar-refractivity contribution in [2.45, 2.75) is 19.9 Å². The number of aryl methyl sites for hydroxylation is 2. The molecule has 73 heavy (non-hydrogen) atoms. The van der Waals surface area contributed by atoms with Gasteiger partial charge in [-0.15, -0.1) is 0 Å². The maximum absolute atomic E-state index is 6.96. The summed E-state index contributed by atoms with van der Waals surface area (Å²) in [6.07, 6.45) is 0. The third-order valence-corrected chi connectivity index (χ3v) is 17.0. The number of benzene rings is 9. The van der Waals surface area contributed by atoms with Crippen LogP contribution in [-0.2, 0) is 0 Å². The van der Waals surface area contributed by atoms with Gasteiger partial charge < -0.3 is 0 Å². The van der Waals surface area contributed by atoms with Crippen molar-refractivity contribution in [3.8, 4) is 33.9 Å². The van der Waals surface area contributed by atoms with Crippen LogP contribution >= 0.6 is 11.6 Å². The molecule has 0 radical (unpaired) electrons. The molecular weight excluding hydrogens is 1030 g/mol. The van der Waals surface area contributed by atoms with Gasteiger partial charge in [0.15, 0.2) is 0 Å². The van der Waals surface area contributed by atoms with Crippen molar-refractivity contribution in [1.82, 2.24) is 28.6 Å². The topological polar surface area (TPSA) is 54.6 Å². The van der Waals surface area contributed by atoms with Gasteiger partial charge in [0.25, 0.3) is 0 Å². The second-order valence-electron chi connectivity index (χ2n) is 19.5.